The van der Waals surface area contributed by atoms with Gasteiger partial charge in [-0.2, -0.15) is 0 Å². The van der Waals surface area contributed by atoms with Crippen LogP contribution in [0.2, 0.25) is 0 Å². The molecular weight excluding hydrogens is 621 g/mol. The molecule has 0 radical (unpaired) electrons. The summed E-state index contributed by atoms with van der Waals surface area (Å²) in [6.07, 6.45) is 0. The standard InChI is InChI=1S/C48H32N2O/c1-4-16-33(17-5-1)37-22-10-11-23-38(37)39-25-14-26-42-47(39)40-31-30-36(32-44(40)50(42)35-20-8-3-9-21-35)49(34-18-6-2-7-19-34)43-27-15-29-46-48(43)41-24-12-13-28-45(41)51-46/h1-32H. The first-order chi connectivity index (χ1) is 25.3. The van der Waals surface area contributed by atoms with Gasteiger partial charge < -0.3 is 13.9 Å². The molecular formula is C48H32N2O. The number of furan rings is 1. The first-order valence-corrected chi connectivity index (χ1v) is 17.4. The molecule has 0 aliphatic rings. The summed E-state index contributed by atoms with van der Waals surface area (Å²) in [6.45, 7) is 0. The molecule has 2 aromatic heterocycles. The SMILES string of the molecule is c1ccc(-c2ccccc2-c2cccc3c2c2ccc(N(c4ccccc4)c4cccc5oc6ccccc6c45)cc2n3-c2ccccc2)cc1. The second-order valence-electron chi connectivity index (χ2n) is 12.9. The summed E-state index contributed by atoms with van der Waals surface area (Å²) in [6, 6.07) is 69.1. The highest BCUT2D eigenvalue weighted by Crippen LogP contribution is 2.46. The number of anilines is 3. The third-order valence-electron chi connectivity index (χ3n) is 9.99. The van der Waals surface area contributed by atoms with Crippen LogP contribution in [-0.4, -0.2) is 4.57 Å². The van der Waals surface area contributed by atoms with Gasteiger partial charge >= 0.3 is 0 Å². The lowest BCUT2D eigenvalue weighted by Gasteiger charge is -2.26. The maximum Gasteiger partial charge on any atom is 0.137 e. The second-order valence-corrected chi connectivity index (χ2v) is 12.9. The molecule has 3 heteroatoms. The van der Waals surface area contributed by atoms with E-state index in [9.17, 15) is 0 Å². The van der Waals surface area contributed by atoms with E-state index in [2.05, 4.69) is 191 Å². The molecule has 51 heavy (non-hydrogen) atoms. The maximum atomic E-state index is 6.37. The molecule has 0 N–H and O–H groups in total. The van der Waals surface area contributed by atoms with Crippen molar-refractivity contribution in [1.82, 2.24) is 4.57 Å². The van der Waals surface area contributed by atoms with Crippen LogP contribution in [0.1, 0.15) is 0 Å². The van der Waals surface area contributed by atoms with Gasteiger partial charge in [0.25, 0.3) is 0 Å². The number of hydrogen-bond donors (Lipinski definition) is 0. The molecule has 0 atom stereocenters. The van der Waals surface area contributed by atoms with Crippen LogP contribution in [0.15, 0.2) is 199 Å². The summed E-state index contributed by atoms with van der Waals surface area (Å²) in [4.78, 5) is 2.36. The van der Waals surface area contributed by atoms with Gasteiger partial charge in [0.2, 0.25) is 0 Å². The molecule has 0 spiro atoms. The van der Waals surface area contributed by atoms with E-state index < -0.39 is 0 Å². The van der Waals surface area contributed by atoms with Gasteiger partial charge in [-0.3, -0.25) is 0 Å². The second kappa shape index (κ2) is 11.9. The Morgan fingerprint density at radius 1 is 0.392 bits per heavy atom. The molecule has 8 aromatic carbocycles. The first kappa shape index (κ1) is 29.1. The lowest BCUT2D eigenvalue weighted by atomic mass is 9.92. The first-order valence-electron chi connectivity index (χ1n) is 17.4. The Labute approximate surface area is 295 Å². The lowest BCUT2D eigenvalue weighted by Crippen LogP contribution is -2.10. The molecule has 0 aliphatic heterocycles. The zero-order valence-corrected chi connectivity index (χ0v) is 27.8. The average molecular weight is 653 g/mol. The number of nitrogens with zero attached hydrogens (tertiary/aromatic N) is 2. The van der Waals surface area contributed by atoms with Gasteiger partial charge in [0.05, 0.1) is 22.1 Å². The lowest BCUT2D eigenvalue weighted by molar-refractivity contribution is 0.669. The highest BCUT2D eigenvalue weighted by molar-refractivity contribution is 6.18. The number of rotatable bonds is 6. The normalized spacial score (nSPS) is 11.5. The van der Waals surface area contributed by atoms with Crippen molar-refractivity contribution in [3.8, 4) is 27.9 Å². The molecule has 10 rings (SSSR count). The van der Waals surface area contributed by atoms with Crippen LogP contribution in [0.3, 0.4) is 0 Å². The Kier molecular flexibility index (Phi) is 6.81. The van der Waals surface area contributed by atoms with Crippen molar-refractivity contribution in [1.29, 1.82) is 0 Å². The summed E-state index contributed by atoms with van der Waals surface area (Å²) in [7, 11) is 0. The topological polar surface area (TPSA) is 21.3 Å². The fourth-order valence-electron chi connectivity index (χ4n) is 7.81. The molecule has 0 amide bonds. The van der Waals surface area contributed by atoms with Crippen LogP contribution in [0, 0.1) is 0 Å². The van der Waals surface area contributed by atoms with Crippen molar-refractivity contribution in [3.05, 3.63) is 194 Å². The fourth-order valence-corrected chi connectivity index (χ4v) is 7.81. The van der Waals surface area contributed by atoms with E-state index in [-0.39, 0.29) is 0 Å². The highest BCUT2D eigenvalue weighted by Gasteiger charge is 2.22. The van der Waals surface area contributed by atoms with Crippen LogP contribution in [0.25, 0.3) is 71.7 Å². The highest BCUT2D eigenvalue weighted by atomic mass is 16.3. The van der Waals surface area contributed by atoms with Gasteiger partial charge in [-0.15, -0.1) is 0 Å². The number of aromatic nitrogens is 1. The van der Waals surface area contributed by atoms with Gasteiger partial charge in [-0.25, -0.2) is 0 Å². The predicted molar refractivity (Wildman–Crippen MR) is 214 cm³/mol. The molecule has 2 heterocycles. The number of benzene rings is 8. The molecule has 0 saturated carbocycles. The molecule has 0 aliphatic carbocycles. The zero-order valence-electron chi connectivity index (χ0n) is 27.8. The Hall–Kier alpha value is -6.84. The van der Waals surface area contributed by atoms with Crippen LogP contribution in [0.4, 0.5) is 17.1 Å². The average Bonchev–Trinajstić information content (AvgIpc) is 3.75. The summed E-state index contributed by atoms with van der Waals surface area (Å²) < 4.78 is 8.78. The minimum Gasteiger partial charge on any atom is -0.456 e. The molecule has 0 bridgehead atoms. The largest absolute Gasteiger partial charge is 0.456 e. The van der Waals surface area contributed by atoms with Gasteiger partial charge in [0.1, 0.15) is 11.2 Å². The number of hydrogen-bond acceptors (Lipinski definition) is 2. The van der Waals surface area contributed by atoms with E-state index >= 15 is 0 Å². The molecule has 3 nitrogen and oxygen atoms in total. The predicted octanol–water partition coefficient (Wildman–Crippen LogP) is 13.5. The Balaban J connectivity index is 1.27. The van der Waals surface area contributed by atoms with Crippen molar-refractivity contribution < 1.29 is 4.42 Å². The molecule has 240 valence electrons. The van der Waals surface area contributed by atoms with E-state index in [0.717, 1.165) is 50.2 Å². The fraction of sp³-hybridized carbons (Fsp3) is 0. The monoisotopic (exact) mass is 652 g/mol. The Morgan fingerprint density at radius 3 is 1.86 bits per heavy atom. The summed E-state index contributed by atoms with van der Waals surface area (Å²) in [5.41, 5.74) is 13.3. The van der Waals surface area contributed by atoms with Crippen LogP contribution >= 0.6 is 0 Å². The van der Waals surface area contributed by atoms with Crippen LogP contribution in [0.5, 0.6) is 0 Å². The molecule has 0 unspecified atom stereocenters. The minimum absolute atomic E-state index is 0.871. The number of fused-ring (bicyclic) bond motifs is 6. The molecule has 0 saturated heterocycles. The molecule has 10 aromatic rings. The van der Waals surface area contributed by atoms with E-state index in [1.807, 2.05) is 12.1 Å². The third kappa shape index (κ3) is 4.74. The summed E-state index contributed by atoms with van der Waals surface area (Å²) >= 11 is 0. The van der Waals surface area contributed by atoms with Gasteiger partial charge in [-0.1, -0.05) is 133 Å². The third-order valence-corrected chi connectivity index (χ3v) is 9.99. The van der Waals surface area contributed by atoms with Gasteiger partial charge in [0.15, 0.2) is 0 Å². The minimum atomic E-state index is 0.871. The Bertz CT molecular complexity index is 2850. The van der Waals surface area contributed by atoms with E-state index in [1.165, 1.54) is 38.5 Å². The summed E-state index contributed by atoms with van der Waals surface area (Å²) in [5.74, 6) is 0. The zero-order chi connectivity index (χ0) is 33.7. The maximum absolute atomic E-state index is 6.37. The Morgan fingerprint density at radius 2 is 1.04 bits per heavy atom. The summed E-state index contributed by atoms with van der Waals surface area (Å²) in [5, 5.41) is 4.64. The van der Waals surface area contributed by atoms with Crippen molar-refractivity contribution in [2.45, 2.75) is 0 Å². The van der Waals surface area contributed by atoms with Gasteiger partial charge in [0, 0.05) is 33.2 Å². The quantitative estimate of drug-likeness (QED) is 0.178. The van der Waals surface area contributed by atoms with E-state index in [1.54, 1.807) is 0 Å². The van der Waals surface area contributed by atoms with Gasteiger partial charge in [-0.05, 0) is 82.9 Å². The van der Waals surface area contributed by atoms with Crippen molar-refractivity contribution in [2.75, 3.05) is 4.90 Å². The van der Waals surface area contributed by atoms with Crippen molar-refractivity contribution >= 4 is 60.8 Å². The van der Waals surface area contributed by atoms with Crippen molar-refractivity contribution in [2.24, 2.45) is 0 Å². The van der Waals surface area contributed by atoms with Crippen LogP contribution in [-0.2, 0) is 0 Å². The molecule has 0 fully saturated rings. The smallest absolute Gasteiger partial charge is 0.137 e. The van der Waals surface area contributed by atoms with Crippen LogP contribution < -0.4 is 4.90 Å². The van der Waals surface area contributed by atoms with Crippen molar-refractivity contribution in [3.63, 3.8) is 0 Å². The van der Waals surface area contributed by atoms with E-state index in [0.29, 0.717) is 0 Å². The number of para-hydroxylation sites is 3. The van der Waals surface area contributed by atoms with E-state index in [4.69, 9.17) is 4.42 Å².